The lowest BCUT2D eigenvalue weighted by molar-refractivity contribution is -0.141. The Balaban J connectivity index is 2.29. The molecule has 0 spiro atoms. The standard InChI is InChI=1S/C14H15F3N2O2/c1-9(20)10-3-4-12(21-2)11(7-10)8-19-6-5-13(18-19)14(15,16)17/h3-7,9,20H,8H2,1-2H3. The fourth-order valence-corrected chi connectivity index (χ4v) is 1.96. The van der Waals surface area contributed by atoms with Gasteiger partial charge in [0.15, 0.2) is 5.69 Å². The van der Waals surface area contributed by atoms with Crippen molar-refractivity contribution in [3.05, 3.63) is 47.3 Å². The molecule has 0 aliphatic carbocycles. The van der Waals surface area contributed by atoms with E-state index in [4.69, 9.17) is 4.74 Å². The maximum atomic E-state index is 12.5. The number of ether oxygens (including phenoxy) is 1. The number of aliphatic hydroxyl groups excluding tert-OH is 1. The van der Waals surface area contributed by atoms with Crippen LogP contribution in [0, 0.1) is 0 Å². The van der Waals surface area contributed by atoms with Gasteiger partial charge in [0.25, 0.3) is 0 Å². The van der Waals surface area contributed by atoms with E-state index in [1.54, 1.807) is 25.1 Å². The van der Waals surface area contributed by atoms with Crippen molar-refractivity contribution in [1.82, 2.24) is 9.78 Å². The molecule has 1 aromatic carbocycles. The number of benzene rings is 1. The van der Waals surface area contributed by atoms with Gasteiger partial charge in [0.05, 0.1) is 19.8 Å². The van der Waals surface area contributed by atoms with Gasteiger partial charge in [0.2, 0.25) is 0 Å². The van der Waals surface area contributed by atoms with Gasteiger partial charge >= 0.3 is 6.18 Å². The minimum Gasteiger partial charge on any atom is -0.496 e. The largest absolute Gasteiger partial charge is 0.496 e. The number of hydrogen-bond acceptors (Lipinski definition) is 3. The molecule has 1 atom stereocenters. The molecular formula is C14H15F3N2O2. The predicted octanol–water partition coefficient (Wildman–Crippen LogP) is 3.01. The highest BCUT2D eigenvalue weighted by molar-refractivity contribution is 5.38. The summed E-state index contributed by atoms with van der Waals surface area (Å²) >= 11 is 0. The minimum atomic E-state index is -4.46. The molecule has 0 fully saturated rings. The Morgan fingerprint density at radius 2 is 2.05 bits per heavy atom. The molecule has 0 aliphatic heterocycles. The lowest BCUT2D eigenvalue weighted by atomic mass is 10.1. The number of hydrogen-bond donors (Lipinski definition) is 1. The normalized spacial score (nSPS) is 13.2. The maximum absolute atomic E-state index is 12.5. The molecule has 21 heavy (non-hydrogen) atoms. The highest BCUT2D eigenvalue weighted by atomic mass is 19.4. The molecule has 1 unspecified atom stereocenters. The van der Waals surface area contributed by atoms with Crippen molar-refractivity contribution >= 4 is 0 Å². The molecule has 114 valence electrons. The van der Waals surface area contributed by atoms with Crippen LogP contribution in [0.2, 0.25) is 0 Å². The van der Waals surface area contributed by atoms with Gasteiger partial charge in [-0.05, 0) is 30.7 Å². The van der Waals surface area contributed by atoms with Crippen molar-refractivity contribution in [2.24, 2.45) is 0 Å². The van der Waals surface area contributed by atoms with Crippen molar-refractivity contribution < 1.29 is 23.0 Å². The Morgan fingerprint density at radius 1 is 1.33 bits per heavy atom. The van der Waals surface area contributed by atoms with Crippen LogP contribution in [0.15, 0.2) is 30.5 Å². The van der Waals surface area contributed by atoms with Crippen LogP contribution in [0.1, 0.15) is 29.8 Å². The van der Waals surface area contributed by atoms with Crippen molar-refractivity contribution in [3.63, 3.8) is 0 Å². The summed E-state index contributed by atoms with van der Waals surface area (Å²) in [5, 5.41) is 13.1. The second kappa shape index (κ2) is 5.77. The summed E-state index contributed by atoms with van der Waals surface area (Å²) in [7, 11) is 1.48. The monoisotopic (exact) mass is 300 g/mol. The fourth-order valence-electron chi connectivity index (χ4n) is 1.96. The first-order valence-corrected chi connectivity index (χ1v) is 6.27. The molecule has 1 heterocycles. The number of alkyl halides is 3. The van der Waals surface area contributed by atoms with Crippen LogP contribution in [-0.4, -0.2) is 22.0 Å². The second-order valence-corrected chi connectivity index (χ2v) is 4.64. The second-order valence-electron chi connectivity index (χ2n) is 4.64. The van der Waals surface area contributed by atoms with E-state index >= 15 is 0 Å². The molecule has 2 aromatic rings. The van der Waals surface area contributed by atoms with Crippen molar-refractivity contribution in [3.8, 4) is 5.75 Å². The number of halogens is 3. The Morgan fingerprint density at radius 3 is 2.57 bits per heavy atom. The summed E-state index contributed by atoms with van der Waals surface area (Å²) in [6.45, 7) is 1.74. The molecule has 1 aromatic heterocycles. The van der Waals surface area contributed by atoms with E-state index in [0.29, 0.717) is 16.9 Å². The lowest BCUT2D eigenvalue weighted by Crippen LogP contribution is -2.09. The molecule has 0 saturated heterocycles. The van der Waals surface area contributed by atoms with Gasteiger partial charge < -0.3 is 9.84 Å². The number of methoxy groups -OCH3 is 1. The van der Waals surface area contributed by atoms with Gasteiger partial charge in [-0.3, -0.25) is 4.68 Å². The molecule has 0 aliphatic rings. The molecule has 0 saturated carbocycles. The zero-order valence-electron chi connectivity index (χ0n) is 11.6. The third-order valence-electron chi connectivity index (χ3n) is 3.05. The van der Waals surface area contributed by atoms with E-state index in [0.717, 1.165) is 6.07 Å². The van der Waals surface area contributed by atoms with Crippen LogP contribution in [0.25, 0.3) is 0 Å². The molecule has 0 radical (unpaired) electrons. The van der Waals surface area contributed by atoms with E-state index < -0.39 is 18.0 Å². The van der Waals surface area contributed by atoms with Gasteiger partial charge in [-0.15, -0.1) is 0 Å². The van der Waals surface area contributed by atoms with Gasteiger partial charge in [-0.1, -0.05) is 6.07 Å². The Bertz CT molecular complexity index is 621. The van der Waals surface area contributed by atoms with Crippen LogP contribution in [0.5, 0.6) is 5.75 Å². The highest BCUT2D eigenvalue weighted by Gasteiger charge is 2.33. The van der Waals surface area contributed by atoms with E-state index in [2.05, 4.69) is 5.10 Å². The van der Waals surface area contributed by atoms with Crippen LogP contribution in [0.3, 0.4) is 0 Å². The Kier molecular flexibility index (Phi) is 4.22. The average Bonchev–Trinajstić information content (AvgIpc) is 2.87. The summed E-state index contributed by atoms with van der Waals surface area (Å²) < 4.78 is 43.9. The van der Waals surface area contributed by atoms with E-state index in [-0.39, 0.29) is 6.54 Å². The van der Waals surface area contributed by atoms with E-state index in [1.807, 2.05) is 0 Å². The molecule has 7 heteroatoms. The third kappa shape index (κ3) is 3.55. The number of rotatable bonds is 4. The predicted molar refractivity (Wildman–Crippen MR) is 70.0 cm³/mol. The summed E-state index contributed by atoms with van der Waals surface area (Å²) in [5.41, 5.74) is 0.370. The molecule has 2 rings (SSSR count). The summed E-state index contributed by atoms with van der Waals surface area (Å²) in [6, 6.07) is 5.99. The first-order valence-electron chi connectivity index (χ1n) is 6.27. The minimum absolute atomic E-state index is 0.125. The van der Waals surface area contributed by atoms with Gasteiger partial charge in [0, 0.05) is 11.8 Å². The van der Waals surface area contributed by atoms with Crippen LogP contribution < -0.4 is 4.74 Å². The molecular weight excluding hydrogens is 285 g/mol. The van der Waals surface area contributed by atoms with Crippen molar-refractivity contribution in [2.75, 3.05) is 7.11 Å². The summed E-state index contributed by atoms with van der Waals surface area (Å²) in [4.78, 5) is 0. The summed E-state index contributed by atoms with van der Waals surface area (Å²) in [6.07, 6.45) is -3.87. The smallest absolute Gasteiger partial charge is 0.435 e. The fraction of sp³-hybridized carbons (Fsp3) is 0.357. The van der Waals surface area contributed by atoms with Gasteiger partial charge in [-0.2, -0.15) is 18.3 Å². The topological polar surface area (TPSA) is 47.3 Å². The highest BCUT2D eigenvalue weighted by Crippen LogP contribution is 2.28. The molecule has 1 N–H and O–H groups in total. The number of aliphatic hydroxyl groups is 1. The third-order valence-corrected chi connectivity index (χ3v) is 3.05. The van der Waals surface area contributed by atoms with Gasteiger partial charge in [0.1, 0.15) is 5.75 Å². The lowest BCUT2D eigenvalue weighted by Gasteiger charge is -2.12. The summed E-state index contributed by atoms with van der Waals surface area (Å²) in [5.74, 6) is 0.531. The van der Waals surface area contributed by atoms with E-state index in [9.17, 15) is 18.3 Å². The maximum Gasteiger partial charge on any atom is 0.435 e. The SMILES string of the molecule is COc1ccc(C(C)O)cc1Cn1ccc(C(F)(F)F)n1. The van der Waals surface area contributed by atoms with Crippen molar-refractivity contribution in [2.45, 2.75) is 25.7 Å². The first kappa shape index (κ1) is 15.4. The molecule has 0 bridgehead atoms. The van der Waals surface area contributed by atoms with Crippen LogP contribution in [0.4, 0.5) is 13.2 Å². The quantitative estimate of drug-likeness (QED) is 0.944. The Labute approximate surface area is 119 Å². The van der Waals surface area contributed by atoms with Crippen LogP contribution >= 0.6 is 0 Å². The first-order chi connectivity index (χ1) is 9.81. The zero-order chi connectivity index (χ0) is 15.6. The van der Waals surface area contributed by atoms with Crippen LogP contribution in [-0.2, 0) is 12.7 Å². The van der Waals surface area contributed by atoms with Crippen molar-refractivity contribution in [1.29, 1.82) is 0 Å². The average molecular weight is 300 g/mol. The van der Waals surface area contributed by atoms with Gasteiger partial charge in [-0.25, -0.2) is 0 Å². The number of nitrogens with zero attached hydrogens (tertiary/aromatic N) is 2. The van der Waals surface area contributed by atoms with E-state index in [1.165, 1.54) is 18.0 Å². The zero-order valence-corrected chi connectivity index (χ0v) is 11.6. The molecule has 0 amide bonds. The number of aromatic nitrogens is 2. The Hall–Kier alpha value is -2.02. The molecule has 4 nitrogen and oxygen atoms in total.